The molecule has 18 heavy (non-hydrogen) atoms. The number of hydrogen-bond acceptors (Lipinski definition) is 6. The van der Waals surface area contributed by atoms with Crippen molar-refractivity contribution < 1.29 is 4.79 Å². The van der Waals surface area contributed by atoms with E-state index in [9.17, 15) is 4.79 Å². The van der Waals surface area contributed by atoms with E-state index in [0.717, 1.165) is 16.5 Å². The third kappa shape index (κ3) is 3.47. The fraction of sp³-hybridized carbons (Fsp3) is 0.600. The molecule has 0 aromatic carbocycles. The Bertz CT molecular complexity index is 491. The Kier molecular flexibility index (Phi) is 4.21. The number of amides is 1. The zero-order valence-corrected chi connectivity index (χ0v) is 11.3. The van der Waals surface area contributed by atoms with Crippen LogP contribution < -0.4 is 5.32 Å². The predicted octanol–water partition coefficient (Wildman–Crippen LogP) is -0.204. The molecule has 0 fully saturated rings. The molecule has 0 saturated heterocycles. The number of carbonyl (C=O) groups excluding carboxylic acids is 1. The van der Waals surface area contributed by atoms with E-state index in [2.05, 4.69) is 20.6 Å². The number of nitrogens with one attached hydrogen (secondary N) is 1. The van der Waals surface area contributed by atoms with Crippen molar-refractivity contribution in [2.45, 2.75) is 12.8 Å². The molecule has 0 aliphatic rings. The number of aryl methyl sites for hydroxylation is 1. The maximum absolute atomic E-state index is 11.6. The maximum Gasteiger partial charge on any atom is 0.234 e. The SMILES string of the molecule is CN(C)CCNC(=O)CCc1nn2cnnc2s1. The van der Waals surface area contributed by atoms with Gasteiger partial charge in [0.25, 0.3) is 0 Å². The van der Waals surface area contributed by atoms with Gasteiger partial charge in [-0.15, -0.1) is 10.2 Å². The molecule has 0 atom stereocenters. The second kappa shape index (κ2) is 5.87. The smallest absolute Gasteiger partial charge is 0.234 e. The van der Waals surface area contributed by atoms with Crippen LogP contribution in [-0.4, -0.2) is 57.8 Å². The molecular formula is C10H16N6OS. The van der Waals surface area contributed by atoms with Gasteiger partial charge in [-0.05, 0) is 14.1 Å². The molecule has 1 amide bonds. The molecular weight excluding hydrogens is 252 g/mol. The number of fused-ring (bicyclic) bond motifs is 1. The molecule has 0 unspecified atom stereocenters. The highest BCUT2D eigenvalue weighted by molar-refractivity contribution is 7.16. The van der Waals surface area contributed by atoms with E-state index in [1.165, 1.54) is 11.3 Å². The molecule has 7 nitrogen and oxygen atoms in total. The number of likely N-dealkylation sites (N-methyl/N-ethyl adjacent to an activating group) is 1. The van der Waals surface area contributed by atoms with Crippen LogP contribution in [-0.2, 0) is 11.2 Å². The summed E-state index contributed by atoms with van der Waals surface area (Å²) in [5.41, 5.74) is 0. The average molecular weight is 268 g/mol. The summed E-state index contributed by atoms with van der Waals surface area (Å²) >= 11 is 1.46. The first-order chi connectivity index (χ1) is 8.65. The quantitative estimate of drug-likeness (QED) is 0.785. The van der Waals surface area contributed by atoms with Gasteiger partial charge in [0, 0.05) is 25.9 Å². The van der Waals surface area contributed by atoms with E-state index in [0.29, 0.717) is 19.4 Å². The zero-order valence-electron chi connectivity index (χ0n) is 10.5. The minimum absolute atomic E-state index is 0.0582. The van der Waals surface area contributed by atoms with Crippen LogP contribution in [0, 0.1) is 0 Å². The van der Waals surface area contributed by atoms with Crippen LogP contribution in [0.5, 0.6) is 0 Å². The van der Waals surface area contributed by atoms with Crippen molar-refractivity contribution in [2.24, 2.45) is 0 Å². The molecule has 2 rings (SSSR count). The van der Waals surface area contributed by atoms with Crippen LogP contribution in [0.4, 0.5) is 0 Å². The molecule has 0 saturated carbocycles. The Hall–Kier alpha value is -1.54. The summed E-state index contributed by atoms with van der Waals surface area (Å²) in [7, 11) is 3.96. The third-order valence-electron chi connectivity index (χ3n) is 2.38. The monoisotopic (exact) mass is 268 g/mol. The minimum Gasteiger partial charge on any atom is -0.355 e. The molecule has 0 aliphatic carbocycles. The van der Waals surface area contributed by atoms with Crippen LogP contribution >= 0.6 is 11.3 Å². The van der Waals surface area contributed by atoms with Gasteiger partial charge in [-0.25, -0.2) is 0 Å². The van der Waals surface area contributed by atoms with Crippen LogP contribution in [0.2, 0.25) is 0 Å². The van der Waals surface area contributed by atoms with Crippen LogP contribution in [0.25, 0.3) is 4.96 Å². The first kappa shape index (κ1) is 12.9. The van der Waals surface area contributed by atoms with Crippen molar-refractivity contribution in [3.8, 4) is 0 Å². The van der Waals surface area contributed by atoms with Gasteiger partial charge in [0.1, 0.15) is 11.3 Å². The van der Waals surface area contributed by atoms with Gasteiger partial charge in [-0.2, -0.15) is 9.61 Å². The molecule has 8 heteroatoms. The lowest BCUT2D eigenvalue weighted by molar-refractivity contribution is -0.121. The molecule has 98 valence electrons. The Balaban J connectivity index is 1.74. The van der Waals surface area contributed by atoms with E-state index in [1.807, 2.05) is 19.0 Å². The number of aromatic nitrogens is 4. The topological polar surface area (TPSA) is 75.4 Å². The van der Waals surface area contributed by atoms with Crippen molar-refractivity contribution in [2.75, 3.05) is 27.2 Å². The first-order valence-electron chi connectivity index (χ1n) is 5.72. The highest BCUT2D eigenvalue weighted by Crippen LogP contribution is 2.12. The summed E-state index contributed by atoms with van der Waals surface area (Å²) in [6.45, 7) is 1.53. The summed E-state index contributed by atoms with van der Waals surface area (Å²) in [5, 5.41) is 15.7. The van der Waals surface area contributed by atoms with Crippen molar-refractivity contribution in [1.82, 2.24) is 30.0 Å². The normalized spacial score (nSPS) is 11.3. The van der Waals surface area contributed by atoms with Crippen molar-refractivity contribution in [3.05, 3.63) is 11.3 Å². The molecule has 0 bridgehead atoms. The second-order valence-corrected chi connectivity index (χ2v) is 5.25. The largest absolute Gasteiger partial charge is 0.355 e. The second-order valence-electron chi connectivity index (χ2n) is 4.21. The molecule has 2 heterocycles. The number of nitrogens with zero attached hydrogens (tertiary/aromatic N) is 5. The summed E-state index contributed by atoms with van der Waals surface area (Å²) in [6.07, 6.45) is 2.66. The zero-order chi connectivity index (χ0) is 13.0. The Morgan fingerprint density at radius 3 is 3.11 bits per heavy atom. The van der Waals surface area contributed by atoms with E-state index < -0.39 is 0 Å². The number of rotatable bonds is 6. The molecule has 0 radical (unpaired) electrons. The molecule has 1 N–H and O–H groups in total. The first-order valence-corrected chi connectivity index (χ1v) is 6.54. The Morgan fingerprint density at radius 2 is 2.39 bits per heavy atom. The van der Waals surface area contributed by atoms with Crippen LogP contribution in [0.3, 0.4) is 0 Å². The molecule has 2 aromatic rings. The highest BCUT2D eigenvalue weighted by Gasteiger charge is 2.07. The van der Waals surface area contributed by atoms with Gasteiger partial charge in [0.05, 0.1) is 0 Å². The lowest BCUT2D eigenvalue weighted by Gasteiger charge is -2.09. The maximum atomic E-state index is 11.6. The van der Waals surface area contributed by atoms with Gasteiger partial charge in [-0.1, -0.05) is 11.3 Å². The van der Waals surface area contributed by atoms with E-state index >= 15 is 0 Å². The highest BCUT2D eigenvalue weighted by atomic mass is 32.1. The van der Waals surface area contributed by atoms with E-state index in [-0.39, 0.29) is 5.91 Å². The average Bonchev–Trinajstić information content (AvgIpc) is 2.85. The Morgan fingerprint density at radius 1 is 1.56 bits per heavy atom. The fourth-order valence-electron chi connectivity index (χ4n) is 1.43. The molecule has 0 aliphatic heterocycles. The third-order valence-corrected chi connectivity index (χ3v) is 3.35. The number of carbonyl (C=O) groups is 1. The van der Waals surface area contributed by atoms with E-state index in [1.54, 1.807) is 10.8 Å². The van der Waals surface area contributed by atoms with Crippen LogP contribution in [0.1, 0.15) is 11.4 Å². The lowest BCUT2D eigenvalue weighted by Crippen LogP contribution is -2.31. The van der Waals surface area contributed by atoms with Crippen LogP contribution in [0.15, 0.2) is 6.33 Å². The fourth-order valence-corrected chi connectivity index (χ4v) is 2.24. The summed E-state index contributed by atoms with van der Waals surface area (Å²) in [4.78, 5) is 14.4. The van der Waals surface area contributed by atoms with Gasteiger partial charge in [-0.3, -0.25) is 4.79 Å². The summed E-state index contributed by atoms with van der Waals surface area (Å²) in [6, 6.07) is 0. The van der Waals surface area contributed by atoms with Gasteiger partial charge in [0.15, 0.2) is 0 Å². The Labute approximate surface area is 109 Å². The van der Waals surface area contributed by atoms with Gasteiger partial charge < -0.3 is 10.2 Å². The number of hydrogen-bond donors (Lipinski definition) is 1. The lowest BCUT2D eigenvalue weighted by atomic mass is 10.3. The minimum atomic E-state index is 0.0582. The summed E-state index contributed by atoms with van der Waals surface area (Å²) in [5.74, 6) is 0.0582. The van der Waals surface area contributed by atoms with Crippen molar-refractivity contribution in [1.29, 1.82) is 0 Å². The van der Waals surface area contributed by atoms with E-state index in [4.69, 9.17) is 0 Å². The predicted molar refractivity (Wildman–Crippen MR) is 68.5 cm³/mol. The van der Waals surface area contributed by atoms with Crippen molar-refractivity contribution >= 4 is 22.2 Å². The standard InChI is InChI=1S/C10H16N6OS/c1-15(2)6-5-11-8(17)3-4-9-14-16-7-12-13-10(16)18-9/h7H,3-6H2,1-2H3,(H,11,17). The molecule has 2 aromatic heterocycles. The molecule has 0 spiro atoms. The van der Waals surface area contributed by atoms with Crippen molar-refractivity contribution in [3.63, 3.8) is 0 Å². The van der Waals surface area contributed by atoms with Gasteiger partial charge >= 0.3 is 0 Å². The van der Waals surface area contributed by atoms with Gasteiger partial charge in [0.2, 0.25) is 10.9 Å². The summed E-state index contributed by atoms with van der Waals surface area (Å²) < 4.78 is 1.63.